The van der Waals surface area contributed by atoms with Crippen molar-refractivity contribution in [3.8, 4) is 0 Å². The number of aromatic nitrogens is 1. The van der Waals surface area contributed by atoms with Gasteiger partial charge in [-0.1, -0.05) is 13.3 Å². The van der Waals surface area contributed by atoms with E-state index < -0.39 is 10.0 Å². The minimum atomic E-state index is -3.50. The Morgan fingerprint density at radius 1 is 1.44 bits per heavy atom. The van der Waals surface area contributed by atoms with Gasteiger partial charge in [-0.3, -0.25) is 0 Å². The lowest BCUT2D eigenvalue weighted by Crippen LogP contribution is -2.26. The molecule has 0 aliphatic heterocycles. The number of hydrogen-bond acceptors (Lipinski definition) is 4. The minimum Gasteiger partial charge on any atom is -0.386 e. The minimum absolute atomic E-state index is 0.0496. The van der Waals surface area contributed by atoms with E-state index in [4.69, 9.17) is 0 Å². The molecule has 0 saturated heterocycles. The van der Waals surface area contributed by atoms with Gasteiger partial charge in [0.2, 0.25) is 0 Å². The molecule has 16 heavy (non-hydrogen) atoms. The van der Waals surface area contributed by atoms with E-state index in [2.05, 4.69) is 15.0 Å². The number of nitrogens with one attached hydrogen (secondary N) is 2. The fraction of sp³-hybridized carbons (Fsp3) is 0.500. The Labute approximate surface area is 96.3 Å². The van der Waals surface area contributed by atoms with Crippen LogP contribution >= 0.6 is 0 Å². The summed E-state index contributed by atoms with van der Waals surface area (Å²) in [4.78, 5) is 3.89. The molecule has 0 atom stereocenters. The maximum Gasteiger partial charge on any atom is 0.260 e. The van der Waals surface area contributed by atoms with Gasteiger partial charge in [0.15, 0.2) is 5.03 Å². The molecule has 0 bridgehead atoms. The number of nitrogens with zero attached hydrogens (tertiary/aromatic N) is 1. The number of sulfonamides is 1. The van der Waals surface area contributed by atoms with E-state index in [1.54, 1.807) is 19.2 Å². The zero-order valence-electron chi connectivity index (χ0n) is 9.53. The molecule has 0 radical (unpaired) electrons. The lowest BCUT2D eigenvalue weighted by Gasteiger charge is -2.09. The SMILES string of the molecule is CCCCNS(=O)(=O)c1ncccc1NC. The zero-order valence-corrected chi connectivity index (χ0v) is 10.3. The summed E-state index contributed by atoms with van der Waals surface area (Å²) in [5.74, 6) is 0. The van der Waals surface area contributed by atoms with E-state index in [-0.39, 0.29) is 5.03 Å². The first kappa shape index (κ1) is 12.9. The van der Waals surface area contributed by atoms with E-state index in [0.717, 1.165) is 12.8 Å². The summed E-state index contributed by atoms with van der Waals surface area (Å²) >= 11 is 0. The van der Waals surface area contributed by atoms with Crippen LogP contribution in [0.5, 0.6) is 0 Å². The van der Waals surface area contributed by atoms with Crippen LogP contribution in [0.2, 0.25) is 0 Å². The van der Waals surface area contributed by atoms with E-state index in [1.807, 2.05) is 6.92 Å². The predicted octanol–water partition coefficient (Wildman–Crippen LogP) is 1.20. The lowest BCUT2D eigenvalue weighted by atomic mass is 10.3. The molecule has 0 fully saturated rings. The summed E-state index contributed by atoms with van der Waals surface area (Å²) in [6.45, 7) is 2.45. The molecule has 0 aromatic carbocycles. The van der Waals surface area contributed by atoms with Crippen LogP contribution in [0, 0.1) is 0 Å². The van der Waals surface area contributed by atoms with Crippen molar-refractivity contribution in [3.63, 3.8) is 0 Å². The standard InChI is InChI=1S/C10H17N3O2S/c1-3-4-8-13-16(14,15)10-9(11-2)6-5-7-12-10/h5-7,11,13H,3-4,8H2,1-2H3. The summed E-state index contributed by atoms with van der Waals surface area (Å²) in [5, 5.41) is 2.86. The first-order valence-corrected chi connectivity index (χ1v) is 6.72. The third-order valence-corrected chi connectivity index (χ3v) is 3.54. The largest absolute Gasteiger partial charge is 0.386 e. The van der Waals surface area contributed by atoms with Gasteiger partial charge in [0.05, 0.1) is 5.69 Å². The van der Waals surface area contributed by atoms with Gasteiger partial charge in [-0.15, -0.1) is 0 Å². The molecule has 1 heterocycles. The fourth-order valence-corrected chi connectivity index (χ4v) is 2.46. The Bertz CT molecular complexity index is 431. The van der Waals surface area contributed by atoms with E-state index in [1.165, 1.54) is 6.20 Å². The van der Waals surface area contributed by atoms with Crippen LogP contribution < -0.4 is 10.0 Å². The van der Waals surface area contributed by atoms with Gasteiger partial charge in [0.1, 0.15) is 0 Å². The maximum atomic E-state index is 11.9. The zero-order chi connectivity index (χ0) is 12.0. The van der Waals surface area contributed by atoms with Crippen LogP contribution in [-0.4, -0.2) is 27.0 Å². The quantitative estimate of drug-likeness (QED) is 0.737. The monoisotopic (exact) mass is 243 g/mol. The van der Waals surface area contributed by atoms with Gasteiger partial charge in [-0.25, -0.2) is 18.1 Å². The summed E-state index contributed by atoms with van der Waals surface area (Å²) in [6.07, 6.45) is 3.24. The Hall–Kier alpha value is -1.14. The molecule has 0 unspecified atom stereocenters. The van der Waals surface area contributed by atoms with Gasteiger partial charge in [-0.05, 0) is 18.6 Å². The molecule has 0 amide bonds. The third-order valence-electron chi connectivity index (χ3n) is 2.12. The van der Waals surface area contributed by atoms with Crippen LogP contribution in [0.4, 0.5) is 5.69 Å². The second-order valence-electron chi connectivity index (χ2n) is 3.36. The first-order chi connectivity index (χ1) is 7.61. The molecular formula is C10H17N3O2S. The van der Waals surface area contributed by atoms with E-state index >= 15 is 0 Å². The van der Waals surface area contributed by atoms with Gasteiger partial charge in [0, 0.05) is 19.8 Å². The predicted molar refractivity (Wildman–Crippen MR) is 63.9 cm³/mol. The number of pyridine rings is 1. The molecule has 1 aromatic heterocycles. The number of hydrogen-bond donors (Lipinski definition) is 2. The second-order valence-corrected chi connectivity index (χ2v) is 5.04. The van der Waals surface area contributed by atoms with Crippen molar-refractivity contribution in [2.75, 3.05) is 18.9 Å². The molecule has 0 aliphatic carbocycles. The first-order valence-electron chi connectivity index (χ1n) is 5.24. The van der Waals surface area contributed by atoms with Crippen molar-refractivity contribution in [1.82, 2.24) is 9.71 Å². The third kappa shape index (κ3) is 3.18. The fourth-order valence-electron chi connectivity index (χ4n) is 1.25. The average Bonchev–Trinajstić information content (AvgIpc) is 2.29. The molecule has 2 N–H and O–H groups in total. The molecule has 6 heteroatoms. The molecule has 5 nitrogen and oxygen atoms in total. The molecule has 0 spiro atoms. The summed E-state index contributed by atoms with van der Waals surface area (Å²) < 4.78 is 26.3. The van der Waals surface area contributed by atoms with Crippen molar-refractivity contribution < 1.29 is 8.42 Å². The van der Waals surface area contributed by atoms with Crippen molar-refractivity contribution in [2.24, 2.45) is 0 Å². The lowest BCUT2D eigenvalue weighted by molar-refractivity contribution is 0.575. The Balaban J connectivity index is 2.89. The molecule has 90 valence electrons. The topological polar surface area (TPSA) is 71.1 Å². The highest BCUT2D eigenvalue weighted by molar-refractivity contribution is 7.89. The van der Waals surface area contributed by atoms with Crippen LogP contribution in [0.15, 0.2) is 23.4 Å². The smallest absolute Gasteiger partial charge is 0.260 e. The van der Waals surface area contributed by atoms with Gasteiger partial charge < -0.3 is 5.32 Å². The molecule has 0 saturated carbocycles. The molecular weight excluding hydrogens is 226 g/mol. The second kappa shape index (κ2) is 5.81. The van der Waals surface area contributed by atoms with Crippen LogP contribution in [0.1, 0.15) is 19.8 Å². The van der Waals surface area contributed by atoms with E-state index in [9.17, 15) is 8.42 Å². The van der Waals surface area contributed by atoms with Crippen LogP contribution in [-0.2, 0) is 10.0 Å². The summed E-state index contributed by atoms with van der Waals surface area (Å²) in [6, 6.07) is 3.37. The normalized spacial score (nSPS) is 11.4. The Morgan fingerprint density at radius 2 is 2.19 bits per heavy atom. The number of unbranched alkanes of at least 4 members (excludes halogenated alkanes) is 1. The van der Waals surface area contributed by atoms with Gasteiger partial charge in [-0.2, -0.15) is 0 Å². The highest BCUT2D eigenvalue weighted by atomic mass is 32.2. The van der Waals surface area contributed by atoms with Crippen molar-refractivity contribution in [1.29, 1.82) is 0 Å². The van der Waals surface area contributed by atoms with E-state index in [0.29, 0.717) is 12.2 Å². The Kier molecular flexibility index (Phi) is 4.70. The number of anilines is 1. The highest BCUT2D eigenvalue weighted by Crippen LogP contribution is 2.16. The maximum absolute atomic E-state index is 11.9. The van der Waals surface area contributed by atoms with Crippen molar-refractivity contribution in [3.05, 3.63) is 18.3 Å². The van der Waals surface area contributed by atoms with Gasteiger partial charge >= 0.3 is 0 Å². The number of rotatable bonds is 6. The van der Waals surface area contributed by atoms with Crippen molar-refractivity contribution >= 4 is 15.7 Å². The van der Waals surface area contributed by atoms with Crippen LogP contribution in [0.25, 0.3) is 0 Å². The molecule has 0 aliphatic rings. The Morgan fingerprint density at radius 3 is 2.81 bits per heavy atom. The van der Waals surface area contributed by atoms with Crippen molar-refractivity contribution in [2.45, 2.75) is 24.8 Å². The molecule has 1 aromatic rings. The summed E-state index contributed by atoms with van der Waals surface area (Å²) in [7, 11) is -1.83. The average molecular weight is 243 g/mol. The summed E-state index contributed by atoms with van der Waals surface area (Å²) in [5.41, 5.74) is 0.506. The highest BCUT2D eigenvalue weighted by Gasteiger charge is 2.18. The molecule has 1 rings (SSSR count). The van der Waals surface area contributed by atoms with Crippen LogP contribution in [0.3, 0.4) is 0 Å². The van der Waals surface area contributed by atoms with Gasteiger partial charge in [0.25, 0.3) is 10.0 Å².